The van der Waals surface area contributed by atoms with Crippen molar-refractivity contribution in [2.24, 2.45) is 5.92 Å². The number of amides is 1. The maximum Gasteiger partial charge on any atom is 0.222 e. The van der Waals surface area contributed by atoms with Crippen LogP contribution in [-0.4, -0.2) is 35.0 Å². The molecular weight excluding hydrogens is 254 g/mol. The van der Waals surface area contributed by atoms with Gasteiger partial charge in [0.2, 0.25) is 5.91 Å². The zero-order valence-electron chi connectivity index (χ0n) is 11.2. The normalized spacial score (nSPS) is 25.7. The Morgan fingerprint density at radius 2 is 1.90 bits per heavy atom. The third-order valence-corrected chi connectivity index (χ3v) is 4.35. The molecule has 0 bridgehead atoms. The third-order valence-electron chi connectivity index (χ3n) is 4.35. The summed E-state index contributed by atoms with van der Waals surface area (Å²) in [5.74, 6) is -0.0713. The number of Topliss-reactive ketones (excluding diaryl/α,β-unsaturated/α-hetero) is 2. The van der Waals surface area contributed by atoms with Crippen LogP contribution in [0, 0.1) is 5.92 Å². The molecule has 2 aliphatic heterocycles. The molecule has 0 radical (unpaired) electrons. The van der Waals surface area contributed by atoms with Crippen molar-refractivity contribution < 1.29 is 14.4 Å². The van der Waals surface area contributed by atoms with E-state index >= 15 is 0 Å². The van der Waals surface area contributed by atoms with Crippen LogP contribution in [0.15, 0.2) is 30.3 Å². The Balaban J connectivity index is 1.77. The minimum Gasteiger partial charge on any atom is -0.339 e. The highest BCUT2D eigenvalue weighted by Gasteiger charge is 2.43. The molecule has 0 spiro atoms. The van der Waals surface area contributed by atoms with Crippen LogP contribution < -0.4 is 0 Å². The second kappa shape index (κ2) is 5.19. The molecule has 1 amide bonds. The SMILES string of the molecule is O=C(CC1C(=O)CCN2C(=O)CC[C@H]12)c1ccccc1. The highest BCUT2D eigenvalue weighted by Crippen LogP contribution is 2.33. The first-order valence-electron chi connectivity index (χ1n) is 7.07. The van der Waals surface area contributed by atoms with Gasteiger partial charge in [0.15, 0.2) is 5.78 Å². The van der Waals surface area contributed by atoms with Crippen LogP contribution in [0.1, 0.15) is 36.0 Å². The van der Waals surface area contributed by atoms with Crippen molar-refractivity contribution in [3.63, 3.8) is 0 Å². The number of nitrogens with zero attached hydrogens (tertiary/aromatic N) is 1. The minimum absolute atomic E-state index is 0.00912. The summed E-state index contributed by atoms with van der Waals surface area (Å²) < 4.78 is 0. The number of fused-ring (bicyclic) bond motifs is 1. The molecule has 20 heavy (non-hydrogen) atoms. The lowest BCUT2D eigenvalue weighted by molar-refractivity contribution is -0.136. The van der Waals surface area contributed by atoms with E-state index < -0.39 is 0 Å². The lowest BCUT2D eigenvalue weighted by Crippen LogP contribution is -2.48. The third kappa shape index (κ3) is 2.26. The summed E-state index contributed by atoms with van der Waals surface area (Å²) in [6.07, 6.45) is 1.82. The van der Waals surface area contributed by atoms with E-state index in [1.54, 1.807) is 17.0 Å². The summed E-state index contributed by atoms with van der Waals surface area (Å²) in [5, 5.41) is 0. The van der Waals surface area contributed by atoms with Crippen LogP contribution >= 0.6 is 0 Å². The van der Waals surface area contributed by atoms with Crippen LogP contribution in [0.5, 0.6) is 0 Å². The van der Waals surface area contributed by atoms with Crippen molar-refractivity contribution >= 4 is 17.5 Å². The highest BCUT2D eigenvalue weighted by molar-refractivity contribution is 5.99. The van der Waals surface area contributed by atoms with Gasteiger partial charge in [-0.3, -0.25) is 14.4 Å². The summed E-state index contributed by atoms with van der Waals surface area (Å²) in [6.45, 7) is 0.526. The van der Waals surface area contributed by atoms with Crippen molar-refractivity contribution in [2.75, 3.05) is 6.54 Å². The summed E-state index contributed by atoms with van der Waals surface area (Å²) in [7, 11) is 0. The molecule has 0 aliphatic carbocycles. The van der Waals surface area contributed by atoms with Gasteiger partial charge in [0, 0.05) is 43.3 Å². The molecule has 2 atom stereocenters. The molecule has 0 saturated carbocycles. The molecule has 4 heteroatoms. The number of ketones is 2. The zero-order chi connectivity index (χ0) is 14.1. The second-order valence-corrected chi connectivity index (χ2v) is 5.51. The van der Waals surface area contributed by atoms with Gasteiger partial charge in [-0.1, -0.05) is 30.3 Å². The lowest BCUT2D eigenvalue weighted by Gasteiger charge is -2.35. The largest absolute Gasteiger partial charge is 0.339 e. The molecule has 2 heterocycles. The van der Waals surface area contributed by atoms with E-state index in [-0.39, 0.29) is 35.9 Å². The number of carbonyl (C=O) groups is 3. The summed E-state index contributed by atoms with van der Waals surface area (Å²) in [6, 6.07) is 8.99. The Morgan fingerprint density at radius 1 is 1.15 bits per heavy atom. The van der Waals surface area contributed by atoms with Crippen LogP contribution in [0.2, 0.25) is 0 Å². The fourth-order valence-corrected chi connectivity index (χ4v) is 3.29. The number of carbonyl (C=O) groups excluding carboxylic acids is 3. The Labute approximate surface area is 117 Å². The number of piperidine rings is 1. The van der Waals surface area contributed by atoms with Gasteiger partial charge in [-0.2, -0.15) is 0 Å². The number of hydrogen-bond acceptors (Lipinski definition) is 3. The first-order chi connectivity index (χ1) is 9.66. The molecule has 1 aromatic rings. The standard InChI is InChI=1S/C16H17NO3/c18-14-8-9-17-13(6-7-16(17)20)12(14)10-15(19)11-4-2-1-3-5-11/h1-5,12-13H,6-10H2/t12?,13-/m1/s1. The van der Waals surface area contributed by atoms with E-state index in [9.17, 15) is 14.4 Å². The van der Waals surface area contributed by atoms with Gasteiger partial charge < -0.3 is 4.90 Å². The van der Waals surface area contributed by atoms with Crippen LogP contribution in [0.25, 0.3) is 0 Å². The van der Waals surface area contributed by atoms with Gasteiger partial charge in [0.1, 0.15) is 5.78 Å². The van der Waals surface area contributed by atoms with Gasteiger partial charge >= 0.3 is 0 Å². The van der Waals surface area contributed by atoms with E-state index in [4.69, 9.17) is 0 Å². The number of rotatable bonds is 3. The average Bonchev–Trinajstić information content (AvgIpc) is 2.84. The van der Waals surface area contributed by atoms with Crippen molar-refractivity contribution in [3.05, 3.63) is 35.9 Å². The van der Waals surface area contributed by atoms with Gasteiger partial charge in [-0.15, -0.1) is 0 Å². The lowest BCUT2D eigenvalue weighted by atomic mass is 9.83. The molecule has 0 aromatic heterocycles. The van der Waals surface area contributed by atoms with E-state index in [1.807, 2.05) is 18.2 Å². The van der Waals surface area contributed by atoms with Crippen molar-refractivity contribution in [1.29, 1.82) is 0 Å². The summed E-state index contributed by atoms with van der Waals surface area (Å²) in [4.78, 5) is 37.9. The van der Waals surface area contributed by atoms with Crippen molar-refractivity contribution in [1.82, 2.24) is 4.90 Å². The van der Waals surface area contributed by atoms with E-state index in [1.165, 1.54) is 0 Å². The second-order valence-electron chi connectivity index (χ2n) is 5.51. The topological polar surface area (TPSA) is 54.5 Å². The minimum atomic E-state index is -0.317. The first-order valence-corrected chi connectivity index (χ1v) is 7.07. The summed E-state index contributed by atoms with van der Waals surface area (Å²) >= 11 is 0. The van der Waals surface area contributed by atoms with Gasteiger partial charge in [0.05, 0.1) is 0 Å². The Bertz CT molecular complexity index is 552. The predicted octanol–water partition coefficient (Wildman–Crippen LogP) is 1.84. The average molecular weight is 271 g/mol. The fourth-order valence-electron chi connectivity index (χ4n) is 3.29. The fraction of sp³-hybridized carbons (Fsp3) is 0.438. The molecule has 2 fully saturated rings. The monoisotopic (exact) mass is 271 g/mol. The van der Waals surface area contributed by atoms with Crippen LogP contribution in [-0.2, 0) is 9.59 Å². The zero-order valence-corrected chi connectivity index (χ0v) is 11.2. The molecule has 2 saturated heterocycles. The highest BCUT2D eigenvalue weighted by atomic mass is 16.2. The molecule has 0 N–H and O–H groups in total. The van der Waals surface area contributed by atoms with E-state index in [0.717, 1.165) is 0 Å². The molecule has 2 aliphatic rings. The van der Waals surface area contributed by atoms with Crippen molar-refractivity contribution in [3.8, 4) is 0 Å². The molecule has 4 nitrogen and oxygen atoms in total. The molecule has 1 unspecified atom stereocenters. The predicted molar refractivity (Wildman–Crippen MR) is 73.2 cm³/mol. The Morgan fingerprint density at radius 3 is 2.65 bits per heavy atom. The number of benzene rings is 1. The molecule has 1 aromatic carbocycles. The van der Waals surface area contributed by atoms with Crippen LogP contribution in [0.4, 0.5) is 0 Å². The van der Waals surface area contributed by atoms with Gasteiger partial charge in [-0.05, 0) is 6.42 Å². The van der Waals surface area contributed by atoms with E-state index in [0.29, 0.717) is 31.4 Å². The van der Waals surface area contributed by atoms with E-state index in [2.05, 4.69) is 0 Å². The van der Waals surface area contributed by atoms with Gasteiger partial charge in [-0.25, -0.2) is 0 Å². The van der Waals surface area contributed by atoms with Gasteiger partial charge in [0.25, 0.3) is 0 Å². The quantitative estimate of drug-likeness (QED) is 0.788. The number of hydrogen-bond donors (Lipinski definition) is 0. The molecule has 3 rings (SSSR count). The Hall–Kier alpha value is -1.97. The van der Waals surface area contributed by atoms with Crippen LogP contribution in [0.3, 0.4) is 0 Å². The Kier molecular flexibility index (Phi) is 3.38. The first kappa shape index (κ1) is 13.0. The maximum atomic E-state index is 12.3. The van der Waals surface area contributed by atoms with Crippen molar-refractivity contribution in [2.45, 2.75) is 31.7 Å². The molecule has 104 valence electrons. The molecular formula is C16H17NO3. The maximum absolute atomic E-state index is 12.3. The smallest absolute Gasteiger partial charge is 0.222 e. The summed E-state index contributed by atoms with van der Waals surface area (Å²) in [5.41, 5.74) is 0.641.